The molecule has 1 aromatic carbocycles. The van der Waals surface area contributed by atoms with Crippen LogP contribution in [0.5, 0.6) is 0 Å². The van der Waals surface area contributed by atoms with Gasteiger partial charge in [0, 0.05) is 24.1 Å². The van der Waals surface area contributed by atoms with Gasteiger partial charge in [0.15, 0.2) is 4.90 Å². The minimum absolute atomic E-state index is 0.225. The maximum absolute atomic E-state index is 12.9. The Morgan fingerprint density at radius 3 is 2.61 bits per heavy atom. The fourth-order valence-electron chi connectivity index (χ4n) is 2.70. The topological polar surface area (TPSA) is 168 Å². The number of amides is 1. The summed E-state index contributed by atoms with van der Waals surface area (Å²) in [7, 11) is -4.25. The zero-order valence-corrected chi connectivity index (χ0v) is 16.3. The number of nitrogens with zero attached hydrogens (tertiary/aromatic N) is 5. The fraction of sp³-hybridized carbons (Fsp3) is 0.533. The first kappa shape index (κ1) is 21.4. The fourth-order valence-corrected chi connectivity index (χ4v) is 4.34. The van der Waals surface area contributed by atoms with Crippen LogP contribution in [-0.4, -0.2) is 54.5 Å². The normalized spacial score (nSPS) is 20.2. The first-order valence-corrected chi connectivity index (χ1v) is 9.67. The van der Waals surface area contributed by atoms with E-state index in [1.54, 1.807) is 20.8 Å². The van der Waals surface area contributed by atoms with Crippen molar-refractivity contribution < 1.29 is 22.9 Å². The molecular formula is C15H20N6O6S. The van der Waals surface area contributed by atoms with Crippen molar-refractivity contribution in [2.75, 3.05) is 13.1 Å². The van der Waals surface area contributed by atoms with E-state index < -0.39 is 49.3 Å². The van der Waals surface area contributed by atoms with Crippen LogP contribution < -0.4 is 5.32 Å². The molecule has 1 N–H and O–H groups in total. The molecule has 12 nitrogen and oxygen atoms in total. The van der Waals surface area contributed by atoms with E-state index in [9.17, 15) is 23.3 Å². The van der Waals surface area contributed by atoms with Crippen molar-refractivity contribution >= 4 is 21.8 Å². The predicted octanol–water partition coefficient (Wildman–Crippen LogP) is 2.17. The molecule has 28 heavy (non-hydrogen) atoms. The minimum atomic E-state index is -4.25. The molecule has 1 fully saturated rings. The number of ether oxygens (including phenoxy) is 1. The second kappa shape index (κ2) is 8.00. The zero-order chi connectivity index (χ0) is 21.1. The summed E-state index contributed by atoms with van der Waals surface area (Å²) in [5, 5.41) is 17.2. The first-order valence-electron chi connectivity index (χ1n) is 8.23. The molecule has 13 heteroatoms. The van der Waals surface area contributed by atoms with Gasteiger partial charge in [-0.15, -0.1) is 0 Å². The van der Waals surface area contributed by atoms with Crippen LogP contribution in [0.2, 0.25) is 0 Å². The SMILES string of the molecule is CC(C)(C)OC(=O)NC1CN(S(=O)(=O)c2ccccc2[N+](=O)[O-])CC1N=[N+]=[N-]. The molecule has 1 heterocycles. The number of hydrogen-bond acceptors (Lipinski definition) is 7. The molecule has 0 bridgehead atoms. The summed E-state index contributed by atoms with van der Waals surface area (Å²) in [5.74, 6) is 0. The summed E-state index contributed by atoms with van der Waals surface area (Å²) in [4.78, 5) is 24.6. The average Bonchev–Trinajstić information content (AvgIpc) is 2.97. The maximum Gasteiger partial charge on any atom is 0.407 e. The van der Waals surface area contributed by atoms with Crippen LogP contribution in [0.3, 0.4) is 0 Å². The monoisotopic (exact) mass is 412 g/mol. The summed E-state index contributed by atoms with van der Waals surface area (Å²) in [6, 6.07) is 3.21. The molecule has 0 saturated carbocycles. The lowest BCUT2D eigenvalue weighted by atomic mass is 10.2. The number of hydrogen-bond donors (Lipinski definition) is 1. The van der Waals surface area contributed by atoms with Crippen LogP contribution in [-0.2, 0) is 14.8 Å². The van der Waals surface area contributed by atoms with Crippen molar-refractivity contribution in [1.82, 2.24) is 9.62 Å². The Hall–Kier alpha value is -2.89. The highest BCUT2D eigenvalue weighted by Gasteiger charge is 2.42. The summed E-state index contributed by atoms with van der Waals surface area (Å²) in [5.41, 5.74) is 7.41. The molecule has 1 aliphatic heterocycles. The standard InChI is InChI=1S/C15H20N6O6S/c1-15(2,3)27-14(22)17-10-8-20(9-11(10)18-19-16)28(25,26)13-7-5-4-6-12(13)21(23)24/h4-7,10-11H,8-9H2,1-3H3,(H,17,22). The Bertz CT molecular complexity index is 921. The van der Waals surface area contributed by atoms with Gasteiger partial charge in [-0.05, 0) is 32.4 Å². The number of benzene rings is 1. The zero-order valence-electron chi connectivity index (χ0n) is 15.5. The van der Waals surface area contributed by atoms with Crippen molar-refractivity contribution in [2.24, 2.45) is 5.11 Å². The third kappa shape index (κ3) is 4.88. The first-order chi connectivity index (χ1) is 13.0. The Morgan fingerprint density at radius 1 is 1.39 bits per heavy atom. The number of nitrogens with one attached hydrogen (secondary N) is 1. The number of alkyl carbamates (subject to hydrolysis) is 1. The van der Waals surface area contributed by atoms with Gasteiger partial charge < -0.3 is 10.1 Å². The van der Waals surface area contributed by atoms with Crippen LogP contribution in [0.25, 0.3) is 10.4 Å². The van der Waals surface area contributed by atoms with Crippen molar-refractivity contribution in [3.8, 4) is 0 Å². The minimum Gasteiger partial charge on any atom is -0.444 e. The highest BCUT2D eigenvalue weighted by molar-refractivity contribution is 7.89. The van der Waals surface area contributed by atoms with Crippen LogP contribution in [0, 0.1) is 10.1 Å². The van der Waals surface area contributed by atoms with E-state index in [1.807, 2.05) is 0 Å². The number of azide groups is 1. The highest BCUT2D eigenvalue weighted by atomic mass is 32.2. The van der Waals surface area contributed by atoms with Crippen LogP contribution in [0.4, 0.5) is 10.5 Å². The van der Waals surface area contributed by atoms with Crippen LogP contribution >= 0.6 is 0 Å². The average molecular weight is 412 g/mol. The largest absolute Gasteiger partial charge is 0.444 e. The second-order valence-corrected chi connectivity index (χ2v) is 8.98. The smallest absolute Gasteiger partial charge is 0.407 e. The molecule has 2 atom stereocenters. The van der Waals surface area contributed by atoms with Gasteiger partial charge in [0.05, 0.1) is 17.0 Å². The maximum atomic E-state index is 12.9. The molecular weight excluding hydrogens is 392 g/mol. The predicted molar refractivity (Wildman–Crippen MR) is 97.9 cm³/mol. The Balaban J connectivity index is 2.29. The van der Waals surface area contributed by atoms with E-state index in [4.69, 9.17) is 10.3 Å². The van der Waals surface area contributed by atoms with E-state index in [2.05, 4.69) is 15.3 Å². The lowest BCUT2D eigenvalue weighted by molar-refractivity contribution is -0.387. The number of para-hydroxylation sites is 1. The van der Waals surface area contributed by atoms with Gasteiger partial charge >= 0.3 is 6.09 Å². The van der Waals surface area contributed by atoms with Crippen LogP contribution in [0.15, 0.2) is 34.3 Å². The molecule has 2 unspecified atom stereocenters. The van der Waals surface area contributed by atoms with Gasteiger partial charge in [-0.1, -0.05) is 17.2 Å². The van der Waals surface area contributed by atoms with Crippen molar-refractivity contribution in [3.63, 3.8) is 0 Å². The molecule has 2 rings (SSSR count). The van der Waals surface area contributed by atoms with Gasteiger partial charge in [0.1, 0.15) is 5.60 Å². The molecule has 0 radical (unpaired) electrons. The van der Waals surface area contributed by atoms with Crippen molar-refractivity contribution in [3.05, 3.63) is 44.8 Å². The van der Waals surface area contributed by atoms with E-state index in [0.29, 0.717) is 0 Å². The molecule has 152 valence electrons. The van der Waals surface area contributed by atoms with E-state index in [0.717, 1.165) is 16.4 Å². The third-order valence-corrected chi connectivity index (χ3v) is 5.72. The van der Waals surface area contributed by atoms with Crippen molar-refractivity contribution in [2.45, 2.75) is 43.4 Å². The molecule has 1 aromatic rings. The number of sulfonamides is 1. The van der Waals surface area contributed by atoms with Gasteiger partial charge in [0.2, 0.25) is 10.0 Å². The summed E-state index contributed by atoms with van der Waals surface area (Å²) in [6.45, 7) is 4.53. The van der Waals surface area contributed by atoms with E-state index in [-0.39, 0.29) is 13.1 Å². The van der Waals surface area contributed by atoms with Crippen molar-refractivity contribution in [1.29, 1.82) is 0 Å². The Kier molecular flexibility index (Phi) is 6.12. The summed E-state index contributed by atoms with van der Waals surface area (Å²) >= 11 is 0. The van der Waals surface area contributed by atoms with E-state index in [1.165, 1.54) is 12.1 Å². The molecule has 1 aliphatic rings. The number of rotatable bonds is 5. The summed E-state index contributed by atoms with van der Waals surface area (Å²) in [6.07, 6.45) is -0.791. The molecule has 0 spiro atoms. The third-order valence-electron chi connectivity index (χ3n) is 3.84. The molecule has 1 amide bonds. The number of carbonyl (C=O) groups excluding carboxylic acids is 1. The number of nitro groups is 1. The number of carbonyl (C=O) groups is 1. The molecule has 1 saturated heterocycles. The number of nitro benzene ring substituents is 1. The Labute approximate surface area is 161 Å². The van der Waals surface area contributed by atoms with Gasteiger partial charge in [0.25, 0.3) is 5.69 Å². The van der Waals surface area contributed by atoms with Gasteiger partial charge in [-0.3, -0.25) is 10.1 Å². The lowest BCUT2D eigenvalue weighted by Gasteiger charge is -2.23. The summed E-state index contributed by atoms with van der Waals surface area (Å²) < 4.78 is 31.9. The second-order valence-electron chi connectivity index (χ2n) is 7.07. The van der Waals surface area contributed by atoms with Gasteiger partial charge in [-0.25, -0.2) is 13.2 Å². The lowest BCUT2D eigenvalue weighted by Crippen LogP contribution is -2.44. The highest BCUT2D eigenvalue weighted by Crippen LogP contribution is 2.29. The Morgan fingerprint density at radius 2 is 2.04 bits per heavy atom. The van der Waals surface area contributed by atoms with Crippen LogP contribution in [0.1, 0.15) is 20.8 Å². The van der Waals surface area contributed by atoms with Gasteiger partial charge in [-0.2, -0.15) is 4.31 Å². The quantitative estimate of drug-likeness (QED) is 0.255. The molecule has 0 aromatic heterocycles. The molecule has 0 aliphatic carbocycles. The van der Waals surface area contributed by atoms with E-state index >= 15 is 0 Å².